The lowest BCUT2D eigenvalue weighted by Crippen LogP contribution is -2.43. The Morgan fingerprint density at radius 1 is 1.38 bits per heavy atom. The van der Waals surface area contributed by atoms with Gasteiger partial charge in [0.15, 0.2) is 0 Å². The van der Waals surface area contributed by atoms with Gasteiger partial charge in [-0.2, -0.15) is 0 Å². The number of urea groups is 1. The Kier molecular flexibility index (Phi) is 4.61. The van der Waals surface area contributed by atoms with Crippen molar-refractivity contribution in [2.45, 2.75) is 25.5 Å². The van der Waals surface area contributed by atoms with E-state index in [0.717, 1.165) is 10.5 Å². The molecular weight excluding hydrogens is 319 g/mol. The SMILES string of the molecule is Cc1ccc(Cl)c(NC(=O)N2CC(O)CC2C(=O)O)c1Cl. The van der Waals surface area contributed by atoms with Crippen LogP contribution in [0.2, 0.25) is 10.0 Å². The van der Waals surface area contributed by atoms with E-state index in [2.05, 4.69) is 5.32 Å². The minimum absolute atomic E-state index is 0.00195. The molecule has 6 nitrogen and oxygen atoms in total. The normalized spacial score (nSPS) is 21.4. The van der Waals surface area contributed by atoms with Crippen molar-refractivity contribution < 1.29 is 19.8 Å². The highest BCUT2D eigenvalue weighted by molar-refractivity contribution is 6.40. The van der Waals surface area contributed by atoms with E-state index < -0.39 is 24.1 Å². The number of carboxylic acid groups (broad SMARTS) is 1. The number of hydrogen-bond acceptors (Lipinski definition) is 3. The van der Waals surface area contributed by atoms with Gasteiger partial charge >= 0.3 is 12.0 Å². The maximum atomic E-state index is 12.2. The van der Waals surface area contributed by atoms with Gasteiger partial charge in [0, 0.05) is 13.0 Å². The molecule has 2 rings (SSSR count). The van der Waals surface area contributed by atoms with Crippen molar-refractivity contribution >= 4 is 40.9 Å². The average molecular weight is 333 g/mol. The fraction of sp³-hybridized carbons (Fsp3) is 0.385. The van der Waals surface area contributed by atoms with Crippen molar-refractivity contribution in [3.8, 4) is 0 Å². The number of β-amino-alcohol motifs (C(OH)–C–C–N with tert-alkyl or cyclic N) is 1. The van der Waals surface area contributed by atoms with Gasteiger partial charge in [0.2, 0.25) is 0 Å². The van der Waals surface area contributed by atoms with Crippen molar-refractivity contribution in [3.05, 3.63) is 27.7 Å². The number of benzene rings is 1. The van der Waals surface area contributed by atoms with Crippen molar-refractivity contribution in [3.63, 3.8) is 0 Å². The number of nitrogens with one attached hydrogen (secondary N) is 1. The number of aliphatic hydroxyl groups is 1. The monoisotopic (exact) mass is 332 g/mol. The Bertz CT molecular complexity index is 594. The molecule has 2 amide bonds. The van der Waals surface area contributed by atoms with Crippen LogP contribution in [0.25, 0.3) is 0 Å². The van der Waals surface area contributed by atoms with Gasteiger partial charge in [-0.05, 0) is 18.6 Å². The second-order valence-corrected chi connectivity index (χ2v) is 5.66. The summed E-state index contributed by atoms with van der Waals surface area (Å²) in [6.07, 6.45) is -0.863. The van der Waals surface area contributed by atoms with Crippen LogP contribution >= 0.6 is 23.2 Å². The minimum atomic E-state index is -1.16. The van der Waals surface area contributed by atoms with Crippen LogP contribution < -0.4 is 5.32 Å². The molecule has 0 radical (unpaired) electrons. The van der Waals surface area contributed by atoms with E-state index >= 15 is 0 Å². The summed E-state index contributed by atoms with van der Waals surface area (Å²) in [4.78, 5) is 24.4. The summed E-state index contributed by atoms with van der Waals surface area (Å²) in [5, 5.41) is 21.7. The third-order valence-electron chi connectivity index (χ3n) is 3.34. The summed E-state index contributed by atoms with van der Waals surface area (Å²) >= 11 is 12.1. The molecule has 1 aromatic carbocycles. The summed E-state index contributed by atoms with van der Waals surface area (Å²) < 4.78 is 0. The molecular formula is C13H14Cl2N2O4. The number of likely N-dealkylation sites (tertiary alicyclic amines) is 1. The van der Waals surface area contributed by atoms with Gasteiger partial charge in [-0.15, -0.1) is 0 Å². The van der Waals surface area contributed by atoms with Gasteiger partial charge < -0.3 is 20.4 Å². The highest BCUT2D eigenvalue weighted by atomic mass is 35.5. The third kappa shape index (κ3) is 3.23. The number of aliphatic hydroxyl groups excluding tert-OH is 1. The van der Waals surface area contributed by atoms with Crippen LogP contribution in [0.5, 0.6) is 0 Å². The Morgan fingerprint density at radius 2 is 2.05 bits per heavy atom. The van der Waals surface area contributed by atoms with E-state index in [0.29, 0.717) is 5.02 Å². The number of carbonyl (C=O) groups is 2. The first-order valence-electron chi connectivity index (χ1n) is 6.24. The summed E-state index contributed by atoms with van der Waals surface area (Å²) in [5.41, 5.74) is 0.960. The Balaban J connectivity index is 2.22. The molecule has 114 valence electrons. The molecule has 8 heteroatoms. The summed E-state index contributed by atoms with van der Waals surface area (Å²) in [6.45, 7) is 1.71. The molecule has 0 aromatic heterocycles. The lowest BCUT2D eigenvalue weighted by Gasteiger charge is -2.22. The lowest BCUT2D eigenvalue weighted by atomic mass is 10.2. The predicted octanol–water partition coefficient (Wildman–Crippen LogP) is 2.35. The second-order valence-electron chi connectivity index (χ2n) is 4.88. The Morgan fingerprint density at radius 3 is 2.67 bits per heavy atom. The quantitative estimate of drug-likeness (QED) is 0.775. The first kappa shape index (κ1) is 15.9. The number of anilines is 1. The highest BCUT2D eigenvalue weighted by Crippen LogP contribution is 2.33. The van der Waals surface area contributed by atoms with Crippen molar-refractivity contribution in [2.75, 3.05) is 11.9 Å². The molecule has 1 aliphatic rings. The zero-order chi connectivity index (χ0) is 15.7. The maximum absolute atomic E-state index is 12.2. The number of carboxylic acids is 1. The molecule has 21 heavy (non-hydrogen) atoms. The molecule has 0 saturated carbocycles. The fourth-order valence-electron chi connectivity index (χ4n) is 2.22. The standard InChI is InChI=1S/C13H14Cl2N2O4/c1-6-2-3-8(14)11(10(6)15)16-13(21)17-5-7(18)4-9(17)12(19)20/h2-3,7,9,18H,4-5H2,1H3,(H,16,21)(H,19,20). The number of rotatable bonds is 2. The van der Waals surface area contributed by atoms with E-state index in [1.807, 2.05) is 0 Å². The summed E-state index contributed by atoms with van der Waals surface area (Å²) in [7, 11) is 0. The minimum Gasteiger partial charge on any atom is -0.480 e. The van der Waals surface area contributed by atoms with Crippen LogP contribution in [0.1, 0.15) is 12.0 Å². The zero-order valence-corrected chi connectivity index (χ0v) is 12.6. The number of amides is 2. The molecule has 1 fully saturated rings. The van der Waals surface area contributed by atoms with Gasteiger partial charge in [0.05, 0.1) is 21.8 Å². The van der Waals surface area contributed by atoms with E-state index in [-0.39, 0.29) is 23.7 Å². The molecule has 2 atom stereocenters. The van der Waals surface area contributed by atoms with Crippen LogP contribution in [-0.2, 0) is 4.79 Å². The van der Waals surface area contributed by atoms with Gasteiger partial charge in [0.1, 0.15) is 6.04 Å². The van der Waals surface area contributed by atoms with E-state index in [4.69, 9.17) is 28.3 Å². The average Bonchev–Trinajstić information content (AvgIpc) is 2.81. The zero-order valence-electron chi connectivity index (χ0n) is 11.1. The summed E-state index contributed by atoms with van der Waals surface area (Å²) in [6, 6.07) is 1.57. The maximum Gasteiger partial charge on any atom is 0.326 e. The Hall–Kier alpha value is -1.50. The molecule has 2 unspecified atom stereocenters. The van der Waals surface area contributed by atoms with E-state index in [9.17, 15) is 14.7 Å². The number of halogens is 2. The largest absolute Gasteiger partial charge is 0.480 e. The van der Waals surface area contributed by atoms with E-state index in [1.54, 1.807) is 19.1 Å². The molecule has 1 saturated heterocycles. The van der Waals surface area contributed by atoms with E-state index in [1.165, 1.54) is 0 Å². The second kappa shape index (κ2) is 6.09. The molecule has 0 bridgehead atoms. The lowest BCUT2D eigenvalue weighted by molar-refractivity contribution is -0.141. The molecule has 1 aliphatic heterocycles. The van der Waals surface area contributed by atoms with Crippen LogP contribution in [-0.4, -0.2) is 45.8 Å². The first-order chi connectivity index (χ1) is 9.81. The van der Waals surface area contributed by atoms with Gasteiger partial charge in [-0.1, -0.05) is 29.3 Å². The molecule has 0 spiro atoms. The number of nitrogens with zero attached hydrogens (tertiary/aromatic N) is 1. The van der Waals surface area contributed by atoms with Crippen LogP contribution in [0.3, 0.4) is 0 Å². The number of aliphatic carboxylic acids is 1. The first-order valence-corrected chi connectivity index (χ1v) is 7.00. The number of aryl methyl sites for hydroxylation is 1. The highest BCUT2D eigenvalue weighted by Gasteiger charge is 2.39. The molecule has 1 heterocycles. The molecule has 3 N–H and O–H groups in total. The smallest absolute Gasteiger partial charge is 0.326 e. The van der Waals surface area contributed by atoms with Crippen molar-refractivity contribution in [1.82, 2.24) is 4.90 Å². The number of hydrogen-bond donors (Lipinski definition) is 3. The molecule has 0 aliphatic carbocycles. The van der Waals surface area contributed by atoms with Crippen LogP contribution in [0, 0.1) is 6.92 Å². The van der Waals surface area contributed by atoms with Crippen molar-refractivity contribution in [2.24, 2.45) is 0 Å². The van der Waals surface area contributed by atoms with Gasteiger partial charge in [0.25, 0.3) is 0 Å². The topological polar surface area (TPSA) is 89.9 Å². The van der Waals surface area contributed by atoms with Gasteiger partial charge in [-0.25, -0.2) is 9.59 Å². The summed E-state index contributed by atoms with van der Waals surface area (Å²) in [5.74, 6) is -1.16. The predicted molar refractivity (Wildman–Crippen MR) is 79.0 cm³/mol. The van der Waals surface area contributed by atoms with Crippen LogP contribution in [0.15, 0.2) is 12.1 Å². The van der Waals surface area contributed by atoms with Crippen molar-refractivity contribution in [1.29, 1.82) is 0 Å². The third-order valence-corrected chi connectivity index (χ3v) is 4.14. The Labute approximate surface area is 131 Å². The number of carbonyl (C=O) groups excluding carboxylic acids is 1. The fourth-order valence-corrected chi connectivity index (χ4v) is 2.69. The van der Waals surface area contributed by atoms with Crippen LogP contribution in [0.4, 0.5) is 10.5 Å². The van der Waals surface area contributed by atoms with Gasteiger partial charge in [-0.3, -0.25) is 0 Å². The molecule has 1 aromatic rings.